The zero-order valence-electron chi connectivity index (χ0n) is 11.1. The minimum atomic E-state index is -0.949. The van der Waals surface area contributed by atoms with Crippen LogP contribution in [0.2, 0.25) is 0 Å². The lowest BCUT2D eigenvalue weighted by molar-refractivity contribution is 0.203. The van der Waals surface area contributed by atoms with Gasteiger partial charge in [0.15, 0.2) is 0 Å². The maximum atomic E-state index is 13.7. The highest BCUT2D eigenvalue weighted by atomic mass is 19.1. The van der Waals surface area contributed by atoms with Crippen molar-refractivity contribution in [3.8, 4) is 0 Å². The summed E-state index contributed by atoms with van der Waals surface area (Å²) in [5.74, 6) is -0.872. The smallest absolute Gasteiger partial charge is 0.146 e. The summed E-state index contributed by atoms with van der Waals surface area (Å²) in [6.45, 7) is 1.56. The molecule has 1 aromatic heterocycles. The summed E-state index contributed by atoms with van der Waals surface area (Å²) >= 11 is 0. The highest BCUT2D eigenvalue weighted by Crippen LogP contribution is 2.29. The largest absolute Gasteiger partial charge is 0.394 e. The van der Waals surface area contributed by atoms with E-state index >= 15 is 0 Å². The van der Waals surface area contributed by atoms with Crippen molar-refractivity contribution < 1.29 is 13.9 Å². The monoisotopic (exact) mass is 278 g/mol. The number of rotatable bonds is 5. The van der Waals surface area contributed by atoms with Gasteiger partial charge in [0.05, 0.1) is 24.2 Å². The van der Waals surface area contributed by atoms with Gasteiger partial charge in [-0.05, 0) is 30.7 Å². The molecule has 0 radical (unpaired) electrons. The van der Waals surface area contributed by atoms with Crippen molar-refractivity contribution in [2.24, 2.45) is 0 Å². The molecule has 5 heteroatoms. The molecule has 0 saturated heterocycles. The first kappa shape index (κ1) is 14.4. The van der Waals surface area contributed by atoms with Crippen LogP contribution in [0, 0.1) is 11.6 Å². The van der Waals surface area contributed by atoms with Gasteiger partial charge in [0.1, 0.15) is 17.2 Å². The number of aliphatic hydroxyl groups is 1. The lowest BCUT2D eigenvalue weighted by atomic mass is 9.91. The first-order valence-electron chi connectivity index (χ1n) is 6.37. The number of para-hydroxylation sites is 1. The Kier molecular flexibility index (Phi) is 4.29. The van der Waals surface area contributed by atoms with Crippen LogP contribution in [0.15, 0.2) is 42.6 Å². The van der Waals surface area contributed by atoms with Gasteiger partial charge >= 0.3 is 0 Å². The predicted molar refractivity (Wildman–Crippen MR) is 73.3 cm³/mol. The number of nitrogens with zero attached hydrogens (tertiary/aromatic N) is 1. The average molecular weight is 278 g/mol. The molecule has 3 nitrogen and oxygen atoms in total. The van der Waals surface area contributed by atoms with Crippen molar-refractivity contribution in [2.45, 2.75) is 18.9 Å². The van der Waals surface area contributed by atoms with Gasteiger partial charge in [-0.2, -0.15) is 0 Å². The highest BCUT2D eigenvalue weighted by molar-refractivity contribution is 5.48. The van der Waals surface area contributed by atoms with Gasteiger partial charge in [-0.3, -0.25) is 4.98 Å². The second-order valence-electron chi connectivity index (χ2n) is 4.56. The number of aliphatic hydroxyl groups excluding tert-OH is 1. The van der Waals surface area contributed by atoms with Crippen molar-refractivity contribution in [1.29, 1.82) is 0 Å². The second-order valence-corrected chi connectivity index (χ2v) is 4.56. The van der Waals surface area contributed by atoms with Crippen molar-refractivity contribution >= 4 is 5.69 Å². The lowest BCUT2D eigenvalue weighted by Gasteiger charge is -2.32. The lowest BCUT2D eigenvalue weighted by Crippen LogP contribution is -2.39. The summed E-state index contributed by atoms with van der Waals surface area (Å²) in [7, 11) is 0. The van der Waals surface area contributed by atoms with E-state index in [9.17, 15) is 13.9 Å². The normalized spacial score (nSPS) is 13.8. The molecule has 0 aliphatic heterocycles. The Balaban J connectivity index is 2.39. The van der Waals surface area contributed by atoms with Gasteiger partial charge in [-0.25, -0.2) is 8.78 Å². The number of hydrogen-bond acceptors (Lipinski definition) is 3. The SMILES string of the molecule is CCC(CO)(Nc1ccccc1F)c1ccc(F)cn1. The Morgan fingerprint density at radius 2 is 1.95 bits per heavy atom. The van der Waals surface area contributed by atoms with Crippen LogP contribution in [0.5, 0.6) is 0 Å². The summed E-state index contributed by atoms with van der Waals surface area (Å²) in [5.41, 5.74) is -0.211. The van der Waals surface area contributed by atoms with E-state index in [1.54, 1.807) is 18.2 Å². The standard InChI is InChI=1S/C15H16F2N2O/c1-2-15(10-20,14-8-7-11(16)9-18-14)19-13-6-4-3-5-12(13)17/h3-9,19-20H,2,10H2,1H3. The quantitative estimate of drug-likeness (QED) is 0.883. The van der Waals surface area contributed by atoms with E-state index < -0.39 is 17.2 Å². The number of anilines is 1. The molecule has 1 aromatic carbocycles. The molecule has 0 spiro atoms. The third kappa shape index (κ3) is 2.77. The summed E-state index contributed by atoms with van der Waals surface area (Å²) < 4.78 is 26.7. The summed E-state index contributed by atoms with van der Waals surface area (Å²) in [6, 6.07) is 8.95. The number of hydrogen-bond donors (Lipinski definition) is 2. The Morgan fingerprint density at radius 3 is 2.50 bits per heavy atom. The van der Waals surface area contributed by atoms with E-state index in [1.165, 1.54) is 18.2 Å². The maximum absolute atomic E-state index is 13.7. The second kappa shape index (κ2) is 5.96. The Morgan fingerprint density at radius 1 is 1.20 bits per heavy atom. The molecule has 1 atom stereocenters. The Hall–Kier alpha value is -2.01. The first-order chi connectivity index (χ1) is 9.61. The molecule has 2 rings (SSSR count). The van der Waals surface area contributed by atoms with Crippen molar-refractivity contribution in [1.82, 2.24) is 4.98 Å². The summed E-state index contributed by atoms with van der Waals surface area (Å²) in [6.07, 6.45) is 1.55. The van der Waals surface area contributed by atoms with Gasteiger partial charge in [0.25, 0.3) is 0 Å². The van der Waals surface area contributed by atoms with Crippen LogP contribution in [0.3, 0.4) is 0 Å². The van der Waals surface area contributed by atoms with Crippen LogP contribution < -0.4 is 5.32 Å². The topological polar surface area (TPSA) is 45.1 Å². The van der Waals surface area contributed by atoms with Crippen LogP contribution in [-0.2, 0) is 5.54 Å². The molecular weight excluding hydrogens is 262 g/mol. The van der Waals surface area contributed by atoms with E-state index in [1.807, 2.05) is 6.92 Å². The van der Waals surface area contributed by atoms with Gasteiger partial charge in [-0.1, -0.05) is 19.1 Å². The Bertz CT molecular complexity index is 568. The fraction of sp³-hybridized carbons (Fsp3) is 0.267. The van der Waals surface area contributed by atoms with E-state index in [4.69, 9.17) is 0 Å². The fourth-order valence-electron chi connectivity index (χ4n) is 2.05. The zero-order valence-corrected chi connectivity index (χ0v) is 11.1. The van der Waals surface area contributed by atoms with Gasteiger partial charge in [0.2, 0.25) is 0 Å². The fourth-order valence-corrected chi connectivity index (χ4v) is 2.05. The molecule has 20 heavy (non-hydrogen) atoms. The van der Waals surface area contributed by atoms with E-state index in [2.05, 4.69) is 10.3 Å². The number of aromatic nitrogens is 1. The van der Waals surface area contributed by atoms with E-state index in [-0.39, 0.29) is 12.3 Å². The zero-order chi connectivity index (χ0) is 14.6. The minimum absolute atomic E-state index is 0.273. The van der Waals surface area contributed by atoms with Crippen LogP contribution in [0.4, 0.5) is 14.5 Å². The molecule has 0 aliphatic carbocycles. The molecule has 106 valence electrons. The number of halogens is 2. The predicted octanol–water partition coefficient (Wildman–Crippen LogP) is 3.07. The van der Waals surface area contributed by atoms with Crippen LogP contribution in [0.1, 0.15) is 19.0 Å². The molecule has 0 amide bonds. The van der Waals surface area contributed by atoms with Gasteiger partial charge in [-0.15, -0.1) is 0 Å². The third-order valence-electron chi connectivity index (χ3n) is 3.34. The molecule has 0 saturated carbocycles. The molecule has 1 unspecified atom stereocenters. The molecule has 0 bridgehead atoms. The molecular formula is C15H16F2N2O. The molecule has 0 fully saturated rings. The molecule has 0 aliphatic rings. The highest BCUT2D eigenvalue weighted by Gasteiger charge is 2.31. The van der Waals surface area contributed by atoms with Crippen LogP contribution in [-0.4, -0.2) is 16.7 Å². The molecule has 1 heterocycles. The average Bonchev–Trinajstić information content (AvgIpc) is 2.48. The van der Waals surface area contributed by atoms with Crippen LogP contribution in [0.25, 0.3) is 0 Å². The minimum Gasteiger partial charge on any atom is -0.394 e. The molecule has 2 N–H and O–H groups in total. The van der Waals surface area contributed by atoms with Gasteiger partial charge in [0, 0.05) is 0 Å². The number of pyridine rings is 1. The number of nitrogens with one attached hydrogen (secondary N) is 1. The maximum Gasteiger partial charge on any atom is 0.146 e. The van der Waals surface area contributed by atoms with Gasteiger partial charge < -0.3 is 10.4 Å². The van der Waals surface area contributed by atoms with Crippen molar-refractivity contribution in [3.05, 3.63) is 59.9 Å². The van der Waals surface area contributed by atoms with E-state index in [0.29, 0.717) is 12.1 Å². The van der Waals surface area contributed by atoms with E-state index in [0.717, 1.165) is 6.20 Å². The molecule has 2 aromatic rings. The van der Waals surface area contributed by atoms with Crippen molar-refractivity contribution in [2.75, 3.05) is 11.9 Å². The van der Waals surface area contributed by atoms with Crippen molar-refractivity contribution in [3.63, 3.8) is 0 Å². The number of benzene rings is 1. The summed E-state index contributed by atoms with van der Waals surface area (Å²) in [5, 5.41) is 12.7. The third-order valence-corrected chi connectivity index (χ3v) is 3.34. The summed E-state index contributed by atoms with van der Waals surface area (Å²) in [4.78, 5) is 4.00. The Labute approximate surface area is 116 Å². The van der Waals surface area contributed by atoms with Crippen LogP contribution >= 0.6 is 0 Å². The first-order valence-corrected chi connectivity index (χ1v) is 6.37.